The zero-order valence-corrected chi connectivity index (χ0v) is 22.4. The molecule has 1 fully saturated rings. The van der Waals surface area contributed by atoms with E-state index < -0.39 is 7.82 Å². The number of hydrogen-bond acceptors (Lipinski definition) is 4. The number of likely N-dealkylation sites (tertiary alicyclic amines) is 1. The van der Waals surface area contributed by atoms with Gasteiger partial charge in [-0.05, 0) is 32.1 Å². The van der Waals surface area contributed by atoms with E-state index in [-0.39, 0.29) is 6.61 Å². The summed E-state index contributed by atoms with van der Waals surface area (Å²) in [7, 11) is -1.69. The predicted molar refractivity (Wildman–Crippen MR) is 137 cm³/mol. The number of hydrogen-bond donors (Lipinski definition) is 1. The van der Waals surface area contributed by atoms with Crippen LogP contribution in [-0.2, 0) is 18.3 Å². The van der Waals surface area contributed by atoms with Crippen molar-refractivity contribution in [2.45, 2.75) is 109 Å². The summed E-state index contributed by atoms with van der Waals surface area (Å²) in [6, 6.07) is 0. The fourth-order valence-corrected chi connectivity index (χ4v) is 5.33. The summed E-state index contributed by atoms with van der Waals surface area (Å²) in [6.07, 6.45) is 22.7. The van der Waals surface area contributed by atoms with E-state index in [4.69, 9.17) is 13.8 Å². The van der Waals surface area contributed by atoms with Gasteiger partial charge in [0, 0.05) is 0 Å². The highest BCUT2D eigenvalue weighted by Gasteiger charge is 2.27. The maximum atomic E-state index is 12.0. The van der Waals surface area contributed by atoms with Crippen LogP contribution in [0.5, 0.6) is 0 Å². The van der Waals surface area contributed by atoms with Crippen molar-refractivity contribution < 1.29 is 27.7 Å². The van der Waals surface area contributed by atoms with Crippen molar-refractivity contribution in [3.63, 3.8) is 0 Å². The molecule has 1 saturated heterocycles. The van der Waals surface area contributed by atoms with Crippen LogP contribution in [0.2, 0.25) is 0 Å². The van der Waals surface area contributed by atoms with Crippen LogP contribution in [0, 0.1) is 0 Å². The minimum Gasteiger partial charge on any atom is -0.502 e. The lowest BCUT2D eigenvalue weighted by Gasteiger charge is -2.37. The van der Waals surface area contributed by atoms with Crippen molar-refractivity contribution in [2.75, 3.05) is 46.5 Å². The summed E-state index contributed by atoms with van der Waals surface area (Å²) in [5, 5.41) is 0. The highest BCUT2D eigenvalue weighted by molar-refractivity contribution is 7.47. The SMILES string of the molecule is C=COCCCCCCCCCCCCCCCCOP(=O)(O)OCC[N+]1(C)CCCCC1. The van der Waals surface area contributed by atoms with Crippen LogP contribution >= 0.6 is 7.82 Å². The van der Waals surface area contributed by atoms with Crippen LogP contribution in [-0.4, -0.2) is 55.9 Å². The number of rotatable bonds is 23. The summed E-state index contributed by atoms with van der Waals surface area (Å²) in [5.41, 5.74) is 0. The molecular formula is C26H53NO5P+. The highest BCUT2D eigenvalue weighted by Crippen LogP contribution is 2.43. The average molecular weight is 491 g/mol. The Hall–Kier alpha value is -0.390. The molecule has 196 valence electrons. The topological polar surface area (TPSA) is 65.0 Å². The molecule has 0 aliphatic carbocycles. The molecule has 0 aromatic rings. The Morgan fingerprint density at radius 1 is 0.727 bits per heavy atom. The smallest absolute Gasteiger partial charge is 0.472 e. The third-order valence-electron chi connectivity index (χ3n) is 6.81. The molecule has 1 atom stereocenters. The van der Waals surface area contributed by atoms with Gasteiger partial charge in [-0.3, -0.25) is 9.05 Å². The summed E-state index contributed by atoms with van der Waals surface area (Å²) in [6.45, 7) is 8.00. The average Bonchev–Trinajstić information content (AvgIpc) is 2.78. The lowest BCUT2D eigenvalue weighted by Crippen LogP contribution is -2.49. The number of likely N-dealkylation sites (N-methyl/N-ethyl adjacent to an activating group) is 1. The van der Waals surface area contributed by atoms with Gasteiger partial charge in [0.15, 0.2) is 0 Å². The molecule has 1 aliphatic rings. The third kappa shape index (κ3) is 18.6. The van der Waals surface area contributed by atoms with Crippen molar-refractivity contribution in [1.82, 2.24) is 0 Å². The van der Waals surface area contributed by atoms with Crippen LogP contribution in [0.1, 0.15) is 109 Å². The first kappa shape index (κ1) is 30.6. The van der Waals surface area contributed by atoms with Gasteiger partial charge >= 0.3 is 7.82 Å². The Balaban J connectivity index is 1.81. The molecule has 0 spiro atoms. The van der Waals surface area contributed by atoms with E-state index in [0.29, 0.717) is 6.61 Å². The Morgan fingerprint density at radius 2 is 1.15 bits per heavy atom. The molecule has 7 heteroatoms. The second kappa shape index (κ2) is 19.9. The molecule has 6 nitrogen and oxygen atoms in total. The van der Waals surface area contributed by atoms with Gasteiger partial charge in [-0.2, -0.15) is 0 Å². The quantitative estimate of drug-likeness (QED) is 0.0701. The molecule has 1 unspecified atom stereocenters. The summed E-state index contributed by atoms with van der Waals surface area (Å²) < 4.78 is 28.4. The standard InChI is InChI=1S/C26H52NO5P/c1-3-30-24-19-14-12-10-8-6-4-5-7-9-11-13-15-20-25-31-33(28,29)32-26-23-27(2)21-17-16-18-22-27/h3H,1,4-26H2,2H3/p+1. The van der Waals surface area contributed by atoms with Crippen LogP contribution in [0.25, 0.3) is 0 Å². The fourth-order valence-electron chi connectivity index (χ4n) is 4.59. The second-order valence-electron chi connectivity index (χ2n) is 9.97. The summed E-state index contributed by atoms with van der Waals surface area (Å²) >= 11 is 0. The molecule has 0 aromatic carbocycles. The van der Waals surface area contributed by atoms with Crippen molar-refractivity contribution in [3.05, 3.63) is 12.8 Å². The van der Waals surface area contributed by atoms with Crippen LogP contribution in [0.4, 0.5) is 0 Å². The molecule has 0 radical (unpaired) electrons. The van der Waals surface area contributed by atoms with Gasteiger partial charge in [0.05, 0.1) is 39.6 Å². The fraction of sp³-hybridized carbons (Fsp3) is 0.923. The number of phosphoric acid groups is 1. The van der Waals surface area contributed by atoms with Crippen LogP contribution < -0.4 is 0 Å². The number of unbranched alkanes of at least 4 members (excludes halogenated alkanes) is 13. The third-order valence-corrected chi connectivity index (χ3v) is 7.83. The minimum atomic E-state index is -3.90. The van der Waals surface area contributed by atoms with E-state index in [1.165, 1.54) is 96.2 Å². The zero-order chi connectivity index (χ0) is 24.1. The van der Waals surface area contributed by atoms with Gasteiger partial charge in [0.25, 0.3) is 0 Å². The molecule has 0 bridgehead atoms. The zero-order valence-electron chi connectivity index (χ0n) is 21.5. The molecular weight excluding hydrogens is 437 g/mol. The maximum Gasteiger partial charge on any atom is 0.472 e. The van der Waals surface area contributed by atoms with Gasteiger partial charge in [0.2, 0.25) is 0 Å². The number of piperidine rings is 1. The first-order valence-corrected chi connectivity index (χ1v) is 15.1. The summed E-state index contributed by atoms with van der Waals surface area (Å²) in [4.78, 5) is 9.86. The Kier molecular flexibility index (Phi) is 18.4. The van der Waals surface area contributed by atoms with Crippen molar-refractivity contribution in [1.29, 1.82) is 0 Å². The summed E-state index contributed by atoms with van der Waals surface area (Å²) in [5.74, 6) is 0. The first-order chi connectivity index (χ1) is 16.0. The largest absolute Gasteiger partial charge is 0.502 e. The Morgan fingerprint density at radius 3 is 1.64 bits per heavy atom. The number of quaternary nitrogens is 1. The lowest BCUT2D eigenvalue weighted by atomic mass is 10.0. The van der Waals surface area contributed by atoms with Gasteiger partial charge < -0.3 is 14.1 Å². The maximum absolute atomic E-state index is 12.0. The first-order valence-electron chi connectivity index (χ1n) is 13.7. The number of nitrogens with zero attached hydrogens (tertiary/aromatic N) is 1. The van der Waals surface area contributed by atoms with E-state index in [1.54, 1.807) is 0 Å². The van der Waals surface area contributed by atoms with Crippen molar-refractivity contribution in [3.8, 4) is 0 Å². The van der Waals surface area contributed by atoms with E-state index >= 15 is 0 Å². The number of ether oxygens (including phenoxy) is 1. The van der Waals surface area contributed by atoms with Gasteiger partial charge in [-0.25, -0.2) is 4.57 Å². The van der Waals surface area contributed by atoms with E-state index in [1.807, 2.05) is 0 Å². The van der Waals surface area contributed by atoms with E-state index in [2.05, 4.69) is 13.6 Å². The Labute approximate surface area is 204 Å². The minimum absolute atomic E-state index is 0.288. The normalized spacial score (nSPS) is 17.5. The van der Waals surface area contributed by atoms with E-state index in [9.17, 15) is 9.46 Å². The van der Waals surface area contributed by atoms with Gasteiger partial charge in [-0.15, -0.1) is 0 Å². The molecule has 1 rings (SSSR count). The Bertz CT molecular complexity index is 511. The highest BCUT2D eigenvalue weighted by atomic mass is 31.2. The monoisotopic (exact) mass is 490 g/mol. The van der Waals surface area contributed by atoms with Crippen molar-refractivity contribution >= 4 is 7.82 Å². The second-order valence-corrected chi connectivity index (χ2v) is 11.4. The molecule has 0 saturated carbocycles. The predicted octanol–water partition coefficient (Wildman–Crippen LogP) is 7.37. The van der Waals surface area contributed by atoms with E-state index in [0.717, 1.165) is 50.0 Å². The van der Waals surface area contributed by atoms with Crippen LogP contribution in [0.3, 0.4) is 0 Å². The molecule has 33 heavy (non-hydrogen) atoms. The molecule has 1 N–H and O–H groups in total. The molecule has 1 aliphatic heterocycles. The lowest BCUT2D eigenvalue weighted by molar-refractivity contribution is -0.914. The van der Waals surface area contributed by atoms with Crippen LogP contribution in [0.15, 0.2) is 12.8 Å². The molecule has 0 amide bonds. The molecule has 1 heterocycles. The van der Waals surface area contributed by atoms with Crippen molar-refractivity contribution in [2.24, 2.45) is 0 Å². The van der Waals surface area contributed by atoms with Gasteiger partial charge in [0.1, 0.15) is 13.2 Å². The molecule has 0 aromatic heterocycles. The van der Waals surface area contributed by atoms with Gasteiger partial charge in [-0.1, -0.05) is 83.6 Å². The number of phosphoric ester groups is 1.